The molecule has 0 aliphatic carbocycles. The summed E-state index contributed by atoms with van der Waals surface area (Å²) >= 11 is 0. The van der Waals surface area contributed by atoms with E-state index in [1.54, 1.807) is 36.4 Å². The van der Waals surface area contributed by atoms with Crippen LogP contribution in [0.3, 0.4) is 0 Å². The summed E-state index contributed by atoms with van der Waals surface area (Å²) in [4.78, 5) is 29.4. The number of carbonyl (C=O) groups excluding carboxylic acids is 2. The Kier molecular flexibility index (Phi) is 10.6. The number of likely N-dealkylation sites (N-methyl/N-ethyl adjacent to an activating group) is 1. The molecule has 0 spiro atoms. The van der Waals surface area contributed by atoms with E-state index in [-0.39, 0.29) is 29.5 Å². The normalized spacial score (nSPS) is 11.8. The molecule has 8 nitrogen and oxygen atoms in total. The Bertz CT molecular complexity index is 1610. The third-order valence-corrected chi connectivity index (χ3v) is 8.84. The van der Waals surface area contributed by atoms with Crippen molar-refractivity contribution >= 4 is 27.5 Å². The highest BCUT2D eigenvalue weighted by Crippen LogP contribution is 2.28. The molecule has 1 N–H and O–H groups in total. The topological polar surface area (TPSA) is 96.0 Å². The summed E-state index contributed by atoms with van der Waals surface area (Å²) in [7, 11) is -2.69. The van der Waals surface area contributed by atoms with E-state index in [0.717, 1.165) is 21.0 Å². The number of ether oxygens (including phenoxy) is 1. The molecule has 4 rings (SSSR count). The summed E-state index contributed by atoms with van der Waals surface area (Å²) < 4.78 is 34.6. The smallest absolute Gasteiger partial charge is 0.264 e. The first kappa shape index (κ1) is 31.3. The summed E-state index contributed by atoms with van der Waals surface area (Å²) in [6, 6.07) is 31.0. The summed E-state index contributed by atoms with van der Waals surface area (Å²) in [6.45, 7) is 3.66. The zero-order valence-electron chi connectivity index (χ0n) is 24.6. The number of nitrogens with one attached hydrogen (secondary N) is 1. The lowest BCUT2D eigenvalue weighted by molar-refractivity contribution is -0.140. The van der Waals surface area contributed by atoms with Crippen molar-refractivity contribution < 1.29 is 22.7 Å². The number of benzene rings is 4. The van der Waals surface area contributed by atoms with Crippen LogP contribution < -0.4 is 14.4 Å². The van der Waals surface area contributed by atoms with Gasteiger partial charge in [0.2, 0.25) is 11.8 Å². The molecular weight excluding hydrogens is 562 g/mol. The van der Waals surface area contributed by atoms with E-state index in [2.05, 4.69) is 5.32 Å². The highest BCUT2D eigenvalue weighted by molar-refractivity contribution is 7.92. The number of methoxy groups -OCH3 is 1. The Hall–Kier alpha value is -4.63. The molecule has 0 aromatic heterocycles. The second-order valence-electron chi connectivity index (χ2n) is 10.1. The lowest BCUT2D eigenvalue weighted by Crippen LogP contribution is -2.53. The Labute approximate surface area is 254 Å². The van der Waals surface area contributed by atoms with E-state index >= 15 is 0 Å². The predicted molar refractivity (Wildman–Crippen MR) is 168 cm³/mol. The summed E-state index contributed by atoms with van der Waals surface area (Å²) in [6.07, 6.45) is 0.259. The Morgan fingerprint density at radius 2 is 1.47 bits per heavy atom. The van der Waals surface area contributed by atoms with Gasteiger partial charge in [0.25, 0.3) is 10.0 Å². The van der Waals surface area contributed by atoms with Gasteiger partial charge in [0, 0.05) is 25.6 Å². The van der Waals surface area contributed by atoms with Gasteiger partial charge in [-0.05, 0) is 49.2 Å². The Balaban J connectivity index is 1.79. The number of nitrogens with zero attached hydrogens (tertiary/aromatic N) is 2. The lowest BCUT2D eigenvalue weighted by Gasteiger charge is -2.34. The van der Waals surface area contributed by atoms with Gasteiger partial charge in [0.05, 0.1) is 17.7 Å². The van der Waals surface area contributed by atoms with Crippen molar-refractivity contribution in [2.24, 2.45) is 0 Å². The minimum Gasteiger partial charge on any atom is -0.497 e. The molecule has 9 heteroatoms. The molecule has 0 bridgehead atoms. The fourth-order valence-electron chi connectivity index (χ4n) is 4.76. The molecular formula is C34H37N3O5S. The maximum atomic E-state index is 14.4. The average molecular weight is 600 g/mol. The molecule has 0 unspecified atom stereocenters. The minimum absolute atomic E-state index is 0.0490. The Morgan fingerprint density at radius 3 is 2.07 bits per heavy atom. The van der Waals surface area contributed by atoms with E-state index in [9.17, 15) is 18.0 Å². The van der Waals surface area contributed by atoms with Crippen LogP contribution in [0, 0.1) is 6.92 Å². The number of rotatable bonds is 13. The fraction of sp³-hybridized carbons (Fsp3) is 0.235. The molecule has 0 saturated carbocycles. The summed E-state index contributed by atoms with van der Waals surface area (Å²) in [5, 5.41) is 2.87. The van der Waals surface area contributed by atoms with Crippen molar-refractivity contribution in [1.29, 1.82) is 0 Å². The fourth-order valence-corrected chi connectivity index (χ4v) is 6.16. The van der Waals surface area contributed by atoms with Crippen LogP contribution in [0.4, 0.5) is 5.69 Å². The van der Waals surface area contributed by atoms with Gasteiger partial charge in [-0.2, -0.15) is 0 Å². The maximum Gasteiger partial charge on any atom is 0.264 e. The van der Waals surface area contributed by atoms with Crippen molar-refractivity contribution in [1.82, 2.24) is 10.2 Å². The molecule has 0 saturated heterocycles. The standard InChI is InChI=1S/C34H37N3O5S/c1-4-35-34(39)32(22-27-12-7-5-8-13-27)36(24-28-14-9-6-10-15-28)33(38)25-37(29-16-11-17-30(23-29)42-3)43(40,41)31-20-18-26(2)19-21-31/h5-21,23,32H,4,22,24-25H2,1-3H3,(H,35,39)/t32-/m1/s1. The van der Waals surface area contributed by atoms with Crippen molar-refractivity contribution in [3.05, 3.63) is 126 Å². The van der Waals surface area contributed by atoms with Gasteiger partial charge in [0.15, 0.2) is 0 Å². The highest BCUT2D eigenvalue weighted by atomic mass is 32.2. The highest BCUT2D eigenvalue weighted by Gasteiger charge is 2.34. The number of carbonyl (C=O) groups is 2. The van der Waals surface area contributed by atoms with Crippen molar-refractivity contribution in [2.75, 3.05) is 24.5 Å². The number of hydrogen-bond acceptors (Lipinski definition) is 5. The molecule has 0 aliphatic heterocycles. The largest absolute Gasteiger partial charge is 0.497 e. The molecule has 43 heavy (non-hydrogen) atoms. The van der Waals surface area contributed by atoms with Crippen LogP contribution in [-0.4, -0.2) is 51.4 Å². The predicted octanol–water partition coefficient (Wildman–Crippen LogP) is 4.98. The first-order valence-corrected chi connectivity index (χ1v) is 15.6. The van der Waals surface area contributed by atoms with Gasteiger partial charge in [0.1, 0.15) is 18.3 Å². The van der Waals surface area contributed by atoms with Crippen LogP contribution in [-0.2, 0) is 32.6 Å². The number of aryl methyl sites for hydroxylation is 1. The Morgan fingerprint density at radius 1 is 0.837 bits per heavy atom. The molecule has 0 heterocycles. The van der Waals surface area contributed by atoms with Crippen LogP contribution in [0.15, 0.2) is 114 Å². The number of hydrogen-bond donors (Lipinski definition) is 1. The molecule has 224 valence electrons. The van der Waals surface area contributed by atoms with Crippen molar-refractivity contribution in [2.45, 2.75) is 37.8 Å². The summed E-state index contributed by atoms with van der Waals surface area (Å²) in [5.74, 6) is -0.390. The second kappa shape index (κ2) is 14.5. The molecule has 2 amide bonds. The number of anilines is 1. The van der Waals surface area contributed by atoms with E-state index in [1.807, 2.05) is 74.5 Å². The third-order valence-electron chi connectivity index (χ3n) is 7.05. The quantitative estimate of drug-likeness (QED) is 0.234. The monoisotopic (exact) mass is 599 g/mol. The molecule has 0 radical (unpaired) electrons. The molecule has 4 aromatic rings. The van der Waals surface area contributed by atoms with Crippen molar-refractivity contribution in [3.8, 4) is 5.75 Å². The van der Waals surface area contributed by atoms with Gasteiger partial charge in [-0.15, -0.1) is 0 Å². The van der Waals surface area contributed by atoms with Crippen LogP contribution in [0.2, 0.25) is 0 Å². The molecule has 0 fully saturated rings. The minimum atomic E-state index is -4.18. The van der Waals surface area contributed by atoms with Crippen LogP contribution in [0.25, 0.3) is 0 Å². The van der Waals surface area contributed by atoms with Crippen molar-refractivity contribution in [3.63, 3.8) is 0 Å². The van der Waals surface area contributed by atoms with E-state index in [1.165, 1.54) is 24.1 Å². The lowest BCUT2D eigenvalue weighted by atomic mass is 10.0. The SMILES string of the molecule is CCNC(=O)[C@@H](Cc1ccccc1)N(Cc1ccccc1)C(=O)CN(c1cccc(OC)c1)S(=O)(=O)c1ccc(C)cc1. The van der Waals surface area contributed by atoms with E-state index < -0.39 is 28.5 Å². The van der Waals surface area contributed by atoms with Gasteiger partial charge in [-0.3, -0.25) is 13.9 Å². The van der Waals surface area contributed by atoms with Gasteiger partial charge in [-0.25, -0.2) is 8.42 Å². The van der Waals surface area contributed by atoms with E-state index in [4.69, 9.17) is 4.74 Å². The first-order valence-electron chi connectivity index (χ1n) is 14.1. The zero-order chi connectivity index (χ0) is 30.8. The molecule has 4 aromatic carbocycles. The third kappa shape index (κ3) is 8.02. The van der Waals surface area contributed by atoms with Gasteiger partial charge >= 0.3 is 0 Å². The molecule has 0 aliphatic rings. The van der Waals surface area contributed by atoms with Crippen LogP contribution >= 0.6 is 0 Å². The van der Waals surface area contributed by atoms with Crippen LogP contribution in [0.1, 0.15) is 23.6 Å². The maximum absolute atomic E-state index is 14.4. The van der Waals surface area contributed by atoms with Crippen LogP contribution in [0.5, 0.6) is 5.75 Å². The van der Waals surface area contributed by atoms with Gasteiger partial charge < -0.3 is 15.0 Å². The first-order chi connectivity index (χ1) is 20.7. The van der Waals surface area contributed by atoms with E-state index in [0.29, 0.717) is 12.3 Å². The average Bonchev–Trinajstić information content (AvgIpc) is 3.02. The number of amides is 2. The zero-order valence-corrected chi connectivity index (χ0v) is 25.5. The molecule has 1 atom stereocenters. The number of sulfonamides is 1. The second-order valence-corrected chi connectivity index (χ2v) is 12.0. The van der Waals surface area contributed by atoms with Gasteiger partial charge in [-0.1, -0.05) is 84.4 Å². The summed E-state index contributed by atoms with van der Waals surface area (Å²) in [5.41, 5.74) is 2.86.